The Morgan fingerprint density at radius 3 is 2.95 bits per heavy atom. The highest BCUT2D eigenvalue weighted by molar-refractivity contribution is 7.09. The van der Waals surface area contributed by atoms with Crippen molar-refractivity contribution in [2.45, 2.75) is 25.9 Å². The molecular weight excluding hydrogens is 274 g/mol. The summed E-state index contributed by atoms with van der Waals surface area (Å²) in [6.45, 7) is 5.13. The quantitative estimate of drug-likeness (QED) is 0.822. The van der Waals surface area contributed by atoms with Gasteiger partial charge < -0.3 is 9.64 Å². The second-order valence-corrected chi connectivity index (χ2v) is 6.53. The van der Waals surface area contributed by atoms with Crippen LogP contribution in [0.1, 0.15) is 23.5 Å². The Bertz CT molecular complexity index is 467. The zero-order valence-electron chi connectivity index (χ0n) is 11.9. The highest BCUT2D eigenvalue weighted by atomic mass is 32.1. The number of hydrogen-bond acceptors (Lipinski definition) is 5. The van der Waals surface area contributed by atoms with Gasteiger partial charge in [0.2, 0.25) is 5.91 Å². The molecule has 1 amide bonds. The predicted molar refractivity (Wildman–Crippen MR) is 77.4 cm³/mol. The van der Waals surface area contributed by atoms with Gasteiger partial charge >= 0.3 is 0 Å². The summed E-state index contributed by atoms with van der Waals surface area (Å²) >= 11 is 1.69. The zero-order valence-corrected chi connectivity index (χ0v) is 12.7. The van der Waals surface area contributed by atoms with E-state index < -0.39 is 0 Å². The van der Waals surface area contributed by atoms with Crippen molar-refractivity contribution in [1.29, 1.82) is 0 Å². The topological polar surface area (TPSA) is 45.7 Å². The van der Waals surface area contributed by atoms with Crippen molar-refractivity contribution in [1.82, 2.24) is 14.8 Å². The van der Waals surface area contributed by atoms with Crippen LogP contribution >= 0.6 is 11.3 Å². The first-order valence-electron chi connectivity index (χ1n) is 7.21. The average Bonchev–Trinajstić information content (AvgIpc) is 3.22. The molecule has 5 nitrogen and oxygen atoms in total. The van der Waals surface area contributed by atoms with E-state index in [9.17, 15) is 4.79 Å². The molecular formula is C14H21N3O2S. The number of hydrogen-bond donors (Lipinski definition) is 0. The van der Waals surface area contributed by atoms with E-state index in [1.54, 1.807) is 11.3 Å². The number of nitrogens with zero attached hydrogens (tertiary/aromatic N) is 3. The normalized spacial score (nSPS) is 20.1. The molecule has 1 aliphatic carbocycles. The standard InChI is InChI=1S/C14H21N3O2S/c1-16(14(18)11-2-3-11)8-12-10-20-13(15-12)9-17-4-6-19-7-5-17/h10-11H,2-9H2,1H3. The Kier molecular flexibility index (Phi) is 4.33. The summed E-state index contributed by atoms with van der Waals surface area (Å²) in [5, 5.41) is 3.21. The number of rotatable bonds is 5. The Labute approximate surface area is 123 Å². The molecule has 2 heterocycles. The highest BCUT2D eigenvalue weighted by Crippen LogP contribution is 2.31. The maximum Gasteiger partial charge on any atom is 0.225 e. The first-order chi connectivity index (χ1) is 9.72. The molecule has 1 aromatic rings. The molecule has 0 unspecified atom stereocenters. The van der Waals surface area contributed by atoms with E-state index >= 15 is 0 Å². The average molecular weight is 295 g/mol. The molecule has 1 aliphatic heterocycles. The molecule has 1 aromatic heterocycles. The molecule has 0 N–H and O–H groups in total. The van der Waals surface area contributed by atoms with Gasteiger partial charge in [-0.3, -0.25) is 9.69 Å². The summed E-state index contributed by atoms with van der Waals surface area (Å²) < 4.78 is 5.35. The van der Waals surface area contributed by atoms with Crippen molar-refractivity contribution in [3.05, 3.63) is 16.1 Å². The van der Waals surface area contributed by atoms with Gasteiger partial charge in [-0.05, 0) is 12.8 Å². The van der Waals surface area contributed by atoms with Crippen LogP contribution in [-0.4, -0.2) is 54.0 Å². The maximum atomic E-state index is 11.9. The second kappa shape index (κ2) is 6.20. The Balaban J connectivity index is 1.51. The van der Waals surface area contributed by atoms with Crippen LogP contribution in [0.3, 0.4) is 0 Å². The molecule has 0 atom stereocenters. The van der Waals surface area contributed by atoms with Crippen LogP contribution in [0.15, 0.2) is 5.38 Å². The van der Waals surface area contributed by atoms with Crippen LogP contribution in [-0.2, 0) is 22.6 Å². The van der Waals surface area contributed by atoms with Crippen LogP contribution in [0.4, 0.5) is 0 Å². The third-order valence-corrected chi connectivity index (χ3v) is 4.65. The summed E-state index contributed by atoms with van der Waals surface area (Å²) in [4.78, 5) is 20.7. The number of amides is 1. The van der Waals surface area contributed by atoms with E-state index in [2.05, 4.69) is 15.3 Å². The van der Waals surface area contributed by atoms with Crippen LogP contribution in [0.25, 0.3) is 0 Å². The van der Waals surface area contributed by atoms with Crippen molar-refractivity contribution in [2.75, 3.05) is 33.4 Å². The summed E-state index contributed by atoms with van der Waals surface area (Å²) in [5.74, 6) is 0.555. The molecule has 2 fully saturated rings. The molecule has 20 heavy (non-hydrogen) atoms. The first-order valence-corrected chi connectivity index (χ1v) is 8.08. The molecule has 0 radical (unpaired) electrons. The number of ether oxygens (including phenoxy) is 1. The molecule has 6 heteroatoms. The van der Waals surface area contributed by atoms with Crippen LogP contribution in [0.2, 0.25) is 0 Å². The molecule has 0 bridgehead atoms. The molecule has 2 aliphatic rings. The fourth-order valence-corrected chi connectivity index (χ4v) is 3.23. The largest absolute Gasteiger partial charge is 0.379 e. The van der Waals surface area contributed by atoms with Gasteiger partial charge in [-0.1, -0.05) is 0 Å². The molecule has 3 rings (SSSR count). The third-order valence-electron chi connectivity index (χ3n) is 3.76. The molecule has 0 spiro atoms. The summed E-state index contributed by atoms with van der Waals surface area (Å²) in [6.07, 6.45) is 2.12. The van der Waals surface area contributed by atoms with Gasteiger partial charge in [0.05, 0.1) is 32.0 Å². The summed E-state index contributed by atoms with van der Waals surface area (Å²) in [6, 6.07) is 0. The number of carbonyl (C=O) groups excluding carboxylic acids is 1. The third kappa shape index (κ3) is 3.56. The Morgan fingerprint density at radius 1 is 1.50 bits per heavy atom. The lowest BCUT2D eigenvalue weighted by Crippen LogP contribution is -2.35. The van der Waals surface area contributed by atoms with Gasteiger partial charge in [0.1, 0.15) is 5.01 Å². The van der Waals surface area contributed by atoms with E-state index in [0.717, 1.165) is 56.4 Å². The van der Waals surface area contributed by atoms with Gasteiger partial charge in [-0.15, -0.1) is 11.3 Å². The van der Waals surface area contributed by atoms with Crippen LogP contribution in [0, 0.1) is 5.92 Å². The molecule has 1 saturated carbocycles. The minimum Gasteiger partial charge on any atom is -0.379 e. The van der Waals surface area contributed by atoms with Crippen molar-refractivity contribution in [3.63, 3.8) is 0 Å². The minimum atomic E-state index is 0.271. The summed E-state index contributed by atoms with van der Waals surface area (Å²) in [7, 11) is 1.88. The van der Waals surface area contributed by atoms with Gasteiger partial charge in [0.25, 0.3) is 0 Å². The number of morpholine rings is 1. The monoisotopic (exact) mass is 295 g/mol. The van der Waals surface area contributed by atoms with Gasteiger partial charge in [-0.25, -0.2) is 4.98 Å². The lowest BCUT2D eigenvalue weighted by atomic mass is 10.3. The Morgan fingerprint density at radius 2 is 2.25 bits per heavy atom. The van der Waals surface area contributed by atoms with E-state index in [1.165, 1.54) is 0 Å². The maximum absolute atomic E-state index is 11.9. The first kappa shape index (κ1) is 14.0. The Hall–Kier alpha value is -0.980. The molecule has 0 aromatic carbocycles. The predicted octanol–water partition coefficient (Wildman–Crippen LogP) is 1.34. The van der Waals surface area contributed by atoms with E-state index in [-0.39, 0.29) is 11.8 Å². The van der Waals surface area contributed by atoms with Crippen molar-refractivity contribution < 1.29 is 9.53 Å². The lowest BCUT2D eigenvalue weighted by molar-refractivity contribution is -0.131. The van der Waals surface area contributed by atoms with E-state index in [1.807, 2.05) is 11.9 Å². The number of carbonyl (C=O) groups is 1. The zero-order chi connectivity index (χ0) is 13.9. The summed E-state index contributed by atoms with van der Waals surface area (Å²) in [5.41, 5.74) is 1.01. The van der Waals surface area contributed by atoms with Crippen molar-refractivity contribution >= 4 is 17.2 Å². The second-order valence-electron chi connectivity index (χ2n) is 5.59. The van der Waals surface area contributed by atoms with Gasteiger partial charge in [0.15, 0.2) is 0 Å². The van der Waals surface area contributed by atoms with Crippen molar-refractivity contribution in [3.8, 4) is 0 Å². The minimum absolute atomic E-state index is 0.271. The fraction of sp³-hybridized carbons (Fsp3) is 0.714. The fourth-order valence-electron chi connectivity index (χ4n) is 2.41. The van der Waals surface area contributed by atoms with Crippen LogP contribution < -0.4 is 0 Å². The van der Waals surface area contributed by atoms with Gasteiger partial charge in [-0.2, -0.15) is 0 Å². The molecule has 1 saturated heterocycles. The van der Waals surface area contributed by atoms with E-state index in [0.29, 0.717) is 6.54 Å². The SMILES string of the molecule is CN(Cc1csc(CN2CCOCC2)n1)C(=O)C1CC1. The number of aromatic nitrogens is 1. The highest BCUT2D eigenvalue weighted by Gasteiger charge is 2.32. The van der Waals surface area contributed by atoms with Crippen LogP contribution in [0.5, 0.6) is 0 Å². The lowest BCUT2D eigenvalue weighted by Gasteiger charge is -2.25. The molecule has 110 valence electrons. The smallest absolute Gasteiger partial charge is 0.225 e. The van der Waals surface area contributed by atoms with Gasteiger partial charge in [0, 0.05) is 31.4 Å². The van der Waals surface area contributed by atoms with Crippen molar-refractivity contribution in [2.24, 2.45) is 5.92 Å². The van der Waals surface area contributed by atoms with E-state index in [4.69, 9.17) is 4.74 Å². The number of thiazole rings is 1.